The van der Waals surface area contributed by atoms with Crippen LogP contribution >= 0.6 is 23.1 Å². The molecule has 1 aliphatic heterocycles. The third-order valence-corrected chi connectivity index (χ3v) is 8.57. The van der Waals surface area contributed by atoms with Gasteiger partial charge in [0.15, 0.2) is 16.4 Å². The molecule has 1 aromatic heterocycles. The molecule has 0 saturated carbocycles. The normalized spacial score (nSPS) is 18.8. The maximum Gasteiger partial charge on any atom is 0.255 e. The van der Waals surface area contributed by atoms with Crippen LogP contribution in [0.15, 0.2) is 77.1 Å². The van der Waals surface area contributed by atoms with E-state index < -0.39 is 6.29 Å². The fraction of sp³-hybridized carbons (Fsp3) is 0.267. The second-order valence-electron chi connectivity index (χ2n) is 9.46. The largest absolute Gasteiger partial charge is 0.392 e. The van der Waals surface area contributed by atoms with Gasteiger partial charge in [0.2, 0.25) is 0 Å². The lowest BCUT2D eigenvalue weighted by Gasteiger charge is -2.36. The number of thioether (sulfide) groups is 1. The van der Waals surface area contributed by atoms with Crippen LogP contribution in [0, 0.1) is 6.92 Å². The maximum atomic E-state index is 13.1. The summed E-state index contributed by atoms with van der Waals surface area (Å²) in [4.78, 5) is 24.8. The first kappa shape index (κ1) is 28.1. The molecule has 1 saturated heterocycles. The van der Waals surface area contributed by atoms with Gasteiger partial charge < -0.3 is 19.9 Å². The molecule has 2 heterocycles. The molecule has 1 aliphatic rings. The van der Waals surface area contributed by atoms with E-state index in [1.54, 1.807) is 65.6 Å². The second-order valence-corrected chi connectivity index (χ2v) is 11.9. The fourth-order valence-electron chi connectivity index (χ4n) is 4.37. The molecule has 0 bridgehead atoms. The average Bonchev–Trinajstić information content (AvgIpc) is 3.41. The summed E-state index contributed by atoms with van der Waals surface area (Å²) >= 11 is 3.15. The summed E-state index contributed by atoms with van der Waals surface area (Å²) in [6.07, 6.45) is -0.416. The van der Waals surface area contributed by atoms with Crippen LogP contribution in [0.25, 0.3) is 0 Å². The van der Waals surface area contributed by atoms with E-state index in [0.717, 1.165) is 26.0 Å². The van der Waals surface area contributed by atoms with Crippen molar-refractivity contribution in [1.82, 2.24) is 10.2 Å². The van der Waals surface area contributed by atoms with Crippen LogP contribution in [0.2, 0.25) is 0 Å². The number of aromatic nitrogens is 2. The van der Waals surface area contributed by atoms with Gasteiger partial charge in [-0.25, -0.2) is 0 Å². The molecule has 4 aromatic rings. The molecule has 40 heavy (non-hydrogen) atoms. The number of hydrogen-bond acceptors (Lipinski definition) is 9. The van der Waals surface area contributed by atoms with Crippen LogP contribution in [0.5, 0.6) is 0 Å². The van der Waals surface area contributed by atoms with E-state index in [4.69, 9.17) is 9.47 Å². The molecule has 8 nitrogen and oxygen atoms in total. The van der Waals surface area contributed by atoms with Gasteiger partial charge in [-0.3, -0.25) is 9.59 Å². The first-order chi connectivity index (χ1) is 19.4. The monoisotopic (exact) mass is 575 g/mol. The minimum atomic E-state index is -0.688. The molecule has 0 aliphatic carbocycles. The SMILES string of the molecule is CC(=O)c1cccc(NC(=O)c2cccc(C3OC(CSc4nnc(C)s4)CC(c4ccc(CO)cc4)O3)c2)c1. The summed E-state index contributed by atoms with van der Waals surface area (Å²) in [7, 11) is 0. The Morgan fingerprint density at radius 2 is 1.77 bits per heavy atom. The second kappa shape index (κ2) is 12.8. The summed E-state index contributed by atoms with van der Waals surface area (Å²) in [6, 6.07) is 21.8. The highest BCUT2D eigenvalue weighted by Crippen LogP contribution is 2.40. The van der Waals surface area contributed by atoms with Crippen molar-refractivity contribution in [2.75, 3.05) is 11.1 Å². The number of amides is 1. The zero-order valence-electron chi connectivity index (χ0n) is 22.1. The minimum absolute atomic E-state index is 0.0219. The Kier molecular flexibility index (Phi) is 9.03. The Morgan fingerprint density at radius 1 is 1.00 bits per heavy atom. The molecule has 1 amide bonds. The third-order valence-electron chi connectivity index (χ3n) is 6.46. The van der Waals surface area contributed by atoms with Crippen molar-refractivity contribution in [3.8, 4) is 0 Å². The van der Waals surface area contributed by atoms with Crippen molar-refractivity contribution in [3.05, 3.63) is 106 Å². The summed E-state index contributed by atoms with van der Waals surface area (Å²) in [6.45, 7) is 3.40. The Labute approximate surface area is 240 Å². The number of nitrogens with zero attached hydrogens (tertiary/aromatic N) is 2. The van der Waals surface area contributed by atoms with Crippen molar-refractivity contribution in [2.24, 2.45) is 0 Å². The highest BCUT2D eigenvalue weighted by molar-refractivity contribution is 8.01. The van der Waals surface area contributed by atoms with Crippen molar-refractivity contribution < 1.29 is 24.2 Å². The number of carbonyl (C=O) groups is 2. The van der Waals surface area contributed by atoms with E-state index in [1.807, 2.05) is 37.3 Å². The van der Waals surface area contributed by atoms with Gasteiger partial charge in [-0.1, -0.05) is 71.6 Å². The highest BCUT2D eigenvalue weighted by Gasteiger charge is 2.32. The number of aryl methyl sites for hydroxylation is 1. The van der Waals surface area contributed by atoms with Gasteiger partial charge in [0.05, 0.1) is 18.8 Å². The van der Waals surface area contributed by atoms with E-state index in [1.165, 1.54) is 6.92 Å². The van der Waals surface area contributed by atoms with Crippen molar-refractivity contribution >= 4 is 40.5 Å². The summed E-state index contributed by atoms with van der Waals surface area (Å²) in [5, 5.41) is 21.5. The van der Waals surface area contributed by atoms with Crippen LogP contribution < -0.4 is 5.32 Å². The number of anilines is 1. The van der Waals surface area contributed by atoms with Crippen LogP contribution in [-0.4, -0.2) is 38.9 Å². The van der Waals surface area contributed by atoms with Crippen molar-refractivity contribution in [3.63, 3.8) is 0 Å². The summed E-state index contributed by atoms with van der Waals surface area (Å²) in [5.41, 5.74) is 4.07. The lowest BCUT2D eigenvalue weighted by atomic mass is 10.0. The number of ether oxygens (including phenoxy) is 2. The van der Waals surface area contributed by atoms with E-state index in [-0.39, 0.29) is 30.5 Å². The lowest BCUT2D eigenvalue weighted by Crippen LogP contribution is -2.31. The van der Waals surface area contributed by atoms with E-state index >= 15 is 0 Å². The molecule has 10 heteroatoms. The Morgan fingerprint density at radius 3 is 2.50 bits per heavy atom. The van der Waals surface area contributed by atoms with Gasteiger partial charge in [0.1, 0.15) is 5.01 Å². The number of benzene rings is 3. The van der Waals surface area contributed by atoms with Crippen molar-refractivity contribution in [2.45, 2.75) is 49.7 Å². The van der Waals surface area contributed by atoms with Crippen LogP contribution in [0.4, 0.5) is 5.69 Å². The Bertz CT molecular complexity index is 1490. The predicted molar refractivity (Wildman–Crippen MR) is 155 cm³/mol. The number of carbonyl (C=O) groups excluding carboxylic acids is 2. The Balaban J connectivity index is 1.35. The minimum Gasteiger partial charge on any atom is -0.392 e. The number of ketones is 1. The first-order valence-corrected chi connectivity index (χ1v) is 14.6. The quantitative estimate of drug-likeness (QED) is 0.181. The molecular weight excluding hydrogens is 546 g/mol. The van der Waals surface area contributed by atoms with Gasteiger partial charge in [-0.15, -0.1) is 10.2 Å². The maximum absolute atomic E-state index is 13.1. The topological polar surface area (TPSA) is 111 Å². The molecule has 3 aromatic carbocycles. The molecule has 3 atom stereocenters. The van der Waals surface area contributed by atoms with Gasteiger partial charge in [0.25, 0.3) is 5.91 Å². The zero-order valence-corrected chi connectivity index (χ0v) is 23.7. The number of aliphatic hydroxyl groups excluding tert-OH is 1. The number of Topliss-reactive ketones (excluding diaryl/α,β-unsaturated/α-hetero) is 1. The van der Waals surface area contributed by atoms with Gasteiger partial charge in [-0.2, -0.15) is 0 Å². The number of nitrogens with one attached hydrogen (secondary N) is 1. The molecule has 5 rings (SSSR count). The zero-order chi connectivity index (χ0) is 28.1. The molecule has 2 N–H and O–H groups in total. The standard InChI is InChI=1S/C30H29N3O5S2/c1-18(35)22-5-4-8-25(14-22)31-28(36)23-6-3-7-24(13-23)29-37-26(17-39-30-33-32-19(2)40-30)15-27(38-29)21-11-9-20(16-34)10-12-21/h3-14,26-27,29,34H,15-17H2,1-2H3,(H,31,36). The molecule has 0 radical (unpaired) electrons. The summed E-state index contributed by atoms with van der Waals surface area (Å²) < 4.78 is 13.7. The number of aliphatic hydroxyl groups is 1. The van der Waals surface area contributed by atoms with Crippen LogP contribution in [0.1, 0.15) is 68.2 Å². The van der Waals surface area contributed by atoms with Crippen LogP contribution in [-0.2, 0) is 16.1 Å². The Hall–Kier alpha value is -3.41. The first-order valence-electron chi connectivity index (χ1n) is 12.8. The molecule has 1 fully saturated rings. The van der Waals surface area contributed by atoms with Gasteiger partial charge >= 0.3 is 0 Å². The number of rotatable bonds is 9. The van der Waals surface area contributed by atoms with Crippen LogP contribution in [0.3, 0.4) is 0 Å². The van der Waals surface area contributed by atoms with Crippen molar-refractivity contribution in [1.29, 1.82) is 0 Å². The molecular formula is C30H29N3O5S2. The van der Waals surface area contributed by atoms with E-state index in [0.29, 0.717) is 29.0 Å². The lowest BCUT2D eigenvalue weighted by molar-refractivity contribution is -0.245. The highest BCUT2D eigenvalue weighted by atomic mass is 32.2. The van der Waals surface area contributed by atoms with Gasteiger partial charge in [0, 0.05) is 34.6 Å². The molecule has 3 unspecified atom stereocenters. The summed E-state index contributed by atoms with van der Waals surface area (Å²) in [5.74, 6) is 0.305. The molecule has 0 spiro atoms. The van der Waals surface area contributed by atoms with E-state index in [2.05, 4.69) is 15.5 Å². The van der Waals surface area contributed by atoms with Gasteiger partial charge in [-0.05, 0) is 49.2 Å². The molecule has 206 valence electrons. The third kappa shape index (κ3) is 7.01. The predicted octanol–water partition coefficient (Wildman–Crippen LogP) is 6.13. The average molecular weight is 576 g/mol. The number of hydrogen-bond donors (Lipinski definition) is 2. The smallest absolute Gasteiger partial charge is 0.255 e. The van der Waals surface area contributed by atoms with E-state index in [9.17, 15) is 14.7 Å². The fourth-order valence-corrected chi connectivity index (χ4v) is 6.23.